The minimum atomic E-state index is -0.514. The molecular formula is C21H19ClN4O2. The zero-order valence-electron chi connectivity index (χ0n) is 15.5. The molecule has 1 amide bonds. The molecule has 4 aromatic rings. The summed E-state index contributed by atoms with van der Waals surface area (Å²) in [6.07, 6.45) is 1.47. The SMILES string of the molecule is CCNc1c(-c2ccccc2Cl)nc2c3cc(NC(=O)OC)ccc3ccn12. The summed E-state index contributed by atoms with van der Waals surface area (Å²) < 4.78 is 6.69. The average Bonchev–Trinajstić information content (AvgIpc) is 3.07. The molecule has 0 radical (unpaired) electrons. The standard InChI is InChI=1S/C21H19ClN4O2/c1-3-23-20-18(15-6-4-5-7-17(15)22)25-19-16-12-14(24-21(27)28-2)9-8-13(16)10-11-26(19)20/h4-12,23H,3H2,1-2H3,(H,24,27). The summed E-state index contributed by atoms with van der Waals surface area (Å²) in [5.74, 6) is 0.874. The van der Waals surface area contributed by atoms with Crippen LogP contribution in [0.3, 0.4) is 0 Å². The van der Waals surface area contributed by atoms with Crippen LogP contribution in [-0.4, -0.2) is 29.1 Å². The summed E-state index contributed by atoms with van der Waals surface area (Å²) in [5, 5.41) is 8.67. The first-order valence-electron chi connectivity index (χ1n) is 8.91. The van der Waals surface area contributed by atoms with E-state index in [9.17, 15) is 4.79 Å². The molecule has 0 spiro atoms. The number of halogens is 1. The maximum absolute atomic E-state index is 11.6. The Kier molecular flexibility index (Phi) is 4.79. The monoisotopic (exact) mass is 394 g/mol. The smallest absolute Gasteiger partial charge is 0.411 e. The fourth-order valence-corrected chi connectivity index (χ4v) is 3.47. The van der Waals surface area contributed by atoms with Crippen molar-refractivity contribution in [2.45, 2.75) is 6.92 Å². The second kappa shape index (κ2) is 7.40. The fraction of sp³-hybridized carbons (Fsp3) is 0.143. The number of anilines is 2. The van der Waals surface area contributed by atoms with Crippen molar-refractivity contribution < 1.29 is 9.53 Å². The maximum atomic E-state index is 11.6. The van der Waals surface area contributed by atoms with Gasteiger partial charge in [-0.2, -0.15) is 0 Å². The molecule has 0 aliphatic rings. The van der Waals surface area contributed by atoms with Gasteiger partial charge in [-0.3, -0.25) is 9.72 Å². The molecule has 2 N–H and O–H groups in total. The molecule has 0 bridgehead atoms. The van der Waals surface area contributed by atoms with Crippen LogP contribution in [0.1, 0.15) is 6.92 Å². The number of carbonyl (C=O) groups excluding carboxylic acids is 1. The molecule has 2 aromatic carbocycles. The number of pyridine rings is 1. The number of benzene rings is 2. The van der Waals surface area contributed by atoms with Gasteiger partial charge in [-0.15, -0.1) is 0 Å². The highest BCUT2D eigenvalue weighted by Gasteiger charge is 2.17. The van der Waals surface area contributed by atoms with Crippen LogP contribution in [-0.2, 0) is 4.74 Å². The number of aromatic nitrogens is 2. The van der Waals surface area contributed by atoms with Crippen molar-refractivity contribution in [3.05, 3.63) is 59.8 Å². The Morgan fingerprint density at radius 3 is 2.79 bits per heavy atom. The first-order valence-corrected chi connectivity index (χ1v) is 9.28. The van der Waals surface area contributed by atoms with Crippen molar-refractivity contribution in [3.63, 3.8) is 0 Å². The first-order chi connectivity index (χ1) is 13.6. The third-order valence-corrected chi connectivity index (χ3v) is 4.84. The van der Waals surface area contributed by atoms with Gasteiger partial charge in [0, 0.05) is 29.4 Å². The number of rotatable bonds is 4. The minimum absolute atomic E-state index is 0.514. The molecule has 2 heterocycles. The summed E-state index contributed by atoms with van der Waals surface area (Å²) in [5.41, 5.74) is 3.06. The second-order valence-corrected chi connectivity index (χ2v) is 6.65. The first kappa shape index (κ1) is 18.1. The van der Waals surface area contributed by atoms with E-state index in [1.165, 1.54) is 7.11 Å². The summed E-state index contributed by atoms with van der Waals surface area (Å²) >= 11 is 6.44. The fourth-order valence-electron chi connectivity index (χ4n) is 3.24. The molecule has 28 heavy (non-hydrogen) atoms. The molecule has 7 heteroatoms. The minimum Gasteiger partial charge on any atom is -0.453 e. The van der Waals surface area contributed by atoms with Crippen molar-refractivity contribution >= 4 is 45.6 Å². The Balaban J connectivity index is 1.97. The van der Waals surface area contributed by atoms with E-state index >= 15 is 0 Å². The van der Waals surface area contributed by atoms with Crippen LogP contribution < -0.4 is 10.6 Å². The van der Waals surface area contributed by atoms with Crippen LogP contribution in [0.25, 0.3) is 27.7 Å². The van der Waals surface area contributed by atoms with E-state index < -0.39 is 6.09 Å². The largest absolute Gasteiger partial charge is 0.453 e. The molecule has 0 saturated carbocycles. The summed E-state index contributed by atoms with van der Waals surface area (Å²) in [6.45, 7) is 2.78. The number of amides is 1. The maximum Gasteiger partial charge on any atom is 0.411 e. The third kappa shape index (κ3) is 3.12. The lowest BCUT2D eigenvalue weighted by molar-refractivity contribution is 0.187. The van der Waals surface area contributed by atoms with Gasteiger partial charge in [0.05, 0.1) is 12.1 Å². The molecule has 0 saturated heterocycles. The van der Waals surface area contributed by atoms with Gasteiger partial charge in [0.2, 0.25) is 0 Å². The van der Waals surface area contributed by atoms with Gasteiger partial charge in [-0.1, -0.05) is 35.9 Å². The van der Waals surface area contributed by atoms with Crippen molar-refractivity contribution in [1.82, 2.24) is 9.38 Å². The Bertz CT molecular complexity index is 1190. The number of methoxy groups -OCH3 is 1. The molecule has 4 rings (SSSR count). The Hall–Kier alpha value is -3.25. The second-order valence-electron chi connectivity index (χ2n) is 6.25. The van der Waals surface area contributed by atoms with Crippen LogP contribution in [0.15, 0.2) is 54.7 Å². The van der Waals surface area contributed by atoms with Crippen molar-refractivity contribution in [3.8, 4) is 11.3 Å². The molecule has 142 valence electrons. The lowest BCUT2D eigenvalue weighted by atomic mass is 10.1. The summed E-state index contributed by atoms with van der Waals surface area (Å²) in [7, 11) is 1.34. The number of carbonyl (C=O) groups is 1. The lowest BCUT2D eigenvalue weighted by Crippen LogP contribution is -2.10. The number of imidazole rings is 1. The highest BCUT2D eigenvalue weighted by molar-refractivity contribution is 6.33. The number of ether oxygens (including phenoxy) is 1. The van der Waals surface area contributed by atoms with E-state index in [0.29, 0.717) is 10.7 Å². The number of fused-ring (bicyclic) bond motifs is 3. The molecule has 2 aromatic heterocycles. The highest BCUT2D eigenvalue weighted by Crippen LogP contribution is 2.35. The quantitative estimate of drug-likeness (QED) is 0.485. The molecule has 0 aliphatic heterocycles. The average molecular weight is 395 g/mol. The van der Waals surface area contributed by atoms with E-state index in [2.05, 4.69) is 15.4 Å². The van der Waals surface area contributed by atoms with Crippen LogP contribution in [0.5, 0.6) is 0 Å². The predicted octanol–water partition coefficient (Wildman–Crippen LogP) is 5.42. The van der Waals surface area contributed by atoms with E-state index in [1.807, 2.05) is 66.1 Å². The van der Waals surface area contributed by atoms with Gasteiger partial charge in [-0.25, -0.2) is 9.78 Å². The van der Waals surface area contributed by atoms with Crippen molar-refractivity contribution in [2.24, 2.45) is 0 Å². The summed E-state index contributed by atoms with van der Waals surface area (Å²) in [4.78, 5) is 16.5. The Morgan fingerprint density at radius 2 is 2.04 bits per heavy atom. The molecule has 0 fully saturated rings. The zero-order chi connectivity index (χ0) is 19.7. The topological polar surface area (TPSA) is 67.7 Å². The van der Waals surface area contributed by atoms with Gasteiger partial charge >= 0.3 is 6.09 Å². The van der Waals surface area contributed by atoms with E-state index in [-0.39, 0.29) is 0 Å². The molecule has 0 atom stereocenters. The van der Waals surface area contributed by atoms with Crippen molar-refractivity contribution in [2.75, 3.05) is 24.3 Å². The van der Waals surface area contributed by atoms with Crippen LogP contribution >= 0.6 is 11.6 Å². The van der Waals surface area contributed by atoms with Gasteiger partial charge in [0.25, 0.3) is 0 Å². The zero-order valence-corrected chi connectivity index (χ0v) is 16.2. The normalized spacial score (nSPS) is 11.0. The molecule has 0 unspecified atom stereocenters. The van der Waals surface area contributed by atoms with Gasteiger partial charge in [0.15, 0.2) is 0 Å². The van der Waals surface area contributed by atoms with E-state index in [4.69, 9.17) is 16.6 Å². The van der Waals surface area contributed by atoms with Crippen LogP contribution in [0.2, 0.25) is 5.02 Å². The lowest BCUT2D eigenvalue weighted by Gasteiger charge is -2.09. The molecular weight excluding hydrogens is 376 g/mol. The number of nitrogens with zero attached hydrogens (tertiary/aromatic N) is 2. The highest BCUT2D eigenvalue weighted by atomic mass is 35.5. The Morgan fingerprint density at radius 1 is 1.21 bits per heavy atom. The van der Waals surface area contributed by atoms with Gasteiger partial charge in [0.1, 0.15) is 17.2 Å². The van der Waals surface area contributed by atoms with Gasteiger partial charge in [-0.05, 0) is 36.6 Å². The van der Waals surface area contributed by atoms with E-state index in [0.717, 1.165) is 40.0 Å². The van der Waals surface area contributed by atoms with Crippen LogP contribution in [0.4, 0.5) is 16.3 Å². The van der Waals surface area contributed by atoms with Crippen molar-refractivity contribution in [1.29, 1.82) is 0 Å². The molecule has 6 nitrogen and oxygen atoms in total. The number of hydrogen-bond donors (Lipinski definition) is 2. The van der Waals surface area contributed by atoms with Gasteiger partial charge < -0.3 is 10.1 Å². The van der Waals surface area contributed by atoms with Crippen LogP contribution in [0, 0.1) is 0 Å². The number of hydrogen-bond acceptors (Lipinski definition) is 4. The third-order valence-electron chi connectivity index (χ3n) is 4.51. The van der Waals surface area contributed by atoms with E-state index in [1.54, 1.807) is 0 Å². The Labute approximate surface area is 167 Å². The molecule has 0 aliphatic carbocycles. The predicted molar refractivity (Wildman–Crippen MR) is 113 cm³/mol. The number of nitrogens with one attached hydrogen (secondary N) is 2. The summed E-state index contributed by atoms with van der Waals surface area (Å²) in [6, 6.07) is 15.3.